The molecule has 1 saturated heterocycles. The highest BCUT2D eigenvalue weighted by Gasteiger charge is 2.43. The van der Waals surface area contributed by atoms with E-state index in [0.717, 1.165) is 10.8 Å². The summed E-state index contributed by atoms with van der Waals surface area (Å²) in [6.45, 7) is -0.565. The number of aliphatic hydroxyl groups is 3. The van der Waals surface area contributed by atoms with E-state index in [1.54, 1.807) is 0 Å². The van der Waals surface area contributed by atoms with Crippen molar-refractivity contribution in [1.82, 2.24) is 19.5 Å². The molecule has 11 heteroatoms. The van der Waals surface area contributed by atoms with E-state index in [4.69, 9.17) is 9.84 Å². The van der Waals surface area contributed by atoms with Gasteiger partial charge in [-0.25, -0.2) is 9.78 Å². The Hall–Kier alpha value is -2.21. The molecule has 0 spiro atoms. The van der Waals surface area contributed by atoms with Crippen molar-refractivity contribution in [2.24, 2.45) is 0 Å². The van der Waals surface area contributed by atoms with Crippen LogP contribution in [0.15, 0.2) is 15.8 Å². The minimum absolute atomic E-state index is 0.144. The fourth-order valence-corrected chi connectivity index (χ4v) is 2.24. The first-order valence-electron chi connectivity index (χ1n) is 6.23. The number of hydrogen-bond acceptors (Lipinski definition) is 8. The zero-order valence-corrected chi connectivity index (χ0v) is 10.9. The van der Waals surface area contributed by atoms with E-state index >= 15 is 0 Å². The van der Waals surface area contributed by atoms with Crippen LogP contribution >= 0.6 is 0 Å². The number of halogens is 1. The average molecular weight is 314 g/mol. The third kappa shape index (κ3) is 2.20. The van der Waals surface area contributed by atoms with Crippen LogP contribution in [-0.2, 0) is 4.74 Å². The molecule has 0 bridgehead atoms. The lowest BCUT2D eigenvalue weighted by molar-refractivity contribution is -0.0547. The van der Waals surface area contributed by atoms with Gasteiger partial charge >= 0.3 is 11.2 Å². The van der Waals surface area contributed by atoms with Gasteiger partial charge in [-0.2, -0.15) is 9.37 Å². The van der Waals surface area contributed by atoms with Crippen LogP contribution in [0.4, 0.5) is 4.39 Å². The summed E-state index contributed by atoms with van der Waals surface area (Å²) < 4.78 is 19.2. The van der Waals surface area contributed by atoms with Gasteiger partial charge in [0.1, 0.15) is 23.8 Å². The summed E-state index contributed by atoms with van der Waals surface area (Å²) in [4.78, 5) is 31.9. The standard InChI is InChI=1S/C11H11FN4O6/c12-7-9(20)14-8-3(13-7)1-16(11(21)15-8)10-6(19)5(18)4(2-17)22-10/h1,4-6,10,17-19H,2H2,(H,14,15,20,21)/t4-,5?,6?,10-/m1/s1. The normalized spacial score (nSPS) is 28.4. The maximum atomic E-state index is 13.2. The van der Waals surface area contributed by atoms with Gasteiger partial charge in [0.05, 0.1) is 6.61 Å². The smallest absolute Gasteiger partial charge is 0.351 e. The molecule has 10 nitrogen and oxygen atoms in total. The van der Waals surface area contributed by atoms with Crippen molar-refractivity contribution in [2.75, 3.05) is 6.61 Å². The molecule has 0 saturated carbocycles. The van der Waals surface area contributed by atoms with E-state index in [2.05, 4.69) is 9.97 Å². The summed E-state index contributed by atoms with van der Waals surface area (Å²) in [7, 11) is 0. The first-order chi connectivity index (χ1) is 10.4. The van der Waals surface area contributed by atoms with Gasteiger partial charge in [0, 0.05) is 6.20 Å². The zero-order chi connectivity index (χ0) is 16.0. The van der Waals surface area contributed by atoms with Crippen LogP contribution in [0.2, 0.25) is 0 Å². The minimum atomic E-state index is -1.50. The van der Waals surface area contributed by atoms with Crippen molar-refractivity contribution in [3.63, 3.8) is 0 Å². The Morgan fingerprint density at radius 3 is 2.68 bits per heavy atom. The van der Waals surface area contributed by atoms with Gasteiger partial charge in [-0.15, -0.1) is 0 Å². The Morgan fingerprint density at radius 1 is 1.32 bits per heavy atom. The molecule has 0 aliphatic carbocycles. The number of nitrogens with zero attached hydrogens (tertiary/aromatic N) is 3. The number of fused-ring (bicyclic) bond motifs is 1. The molecule has 3 heterocycles. The highest BCUT2D eigenvalue weighted by atomic mass is 19.1. The van der Waals surface area contributed by atoms with E-state index in [-0.39, 0.29) is 11.2 Å². The van der Waals surface area contributed by atoms with Crippen LogP contribution in [0.5, 0.6) is 0 Å². The Bertz CT molecular complexity index is 835. The fourth-order valence-electron chi connectivity index (χ4n) is 2.24. The summed E-state index contributed by atoms with van der Waals surface area (Å²) in [6.07, 6.45) is -4.28. The predicted molar refractivity (Wildman–Crippen MR) is 67.4 cm³/mol. The van der Waals surface area contributed by atoms with E-state index in [1.807, 2.05) is 4.98 Å². The quantitative estimate of drug-likeness (QED) is 0.465. The second-order valence-corrected chi connectivity index (χ2v) is 4.75. The van der Waals surface area contributed by atoms with E-state index in [0.29, 0.717) is 0 Å². The lowest BCUT2D eigenvalue weighted by atomic mass is 10.1. The van der Waals surface area contributed by atoms with Crippen LogP contribution in [0, 0.1) is 5.95 Å². The van der Waals surface area contributed by atoms with E-state index < -0.39 is 48.3 Å². The second-order valence-electron chi connectivity index (χ2n) is 4.75. The predicted octanol–water partition coefficient (Wildman–Crippen LogP) is -2.77. The van der Waals surface area contributed by atoms with Crippen LogP contribution < -0.4 is 11.2 Å². The monoisotopic (exact) mass is 314 g/mol. The van der Waals surface area contributed by atoms with Crippen LogP contribution in [-0.4, -0.2) is 59.8 Å². The Labute approximate surface area is 120 Å². The number of aromatic amines is 1. The average Bonchev–Trinajstić information content (AvgIpc) is 2.76. The summed E-state index contributed by atoms with van der Waals surface area (Å²) in [5, 5.41) is 28.6. The molecule has 2 unspecified atom stereocenters. The highest BCUT2D eigenvalue weighted by Crippen LogP contribution is 2.28. The van der Waals surface area contributed by atoms with Crippen LogP contribution in [0.3, 0.4) is 0 Å². The first-order valence-corrected chi connectivity index (χ1v) is 6.23. The Balaban J connectivity index is 2.12. The van der Waals surface area contributed by atoms with Gasteiger partial charge in [0.15, 0.2) is 11.9 Å². The van der Waals surface area contributed by atoms with Gasteiger partial charge in [-0.05, 0) is 0 Å². The summed E-state index contributed by atoms with van der Waals surface area (Å²) in [5.41, 5.74) is -2.40. The number of aliphatic hydroxyl groups excluding tert-OH is 3. The van der Waals surface area contributed by atoms with E-state index in [9.17, 15) is 24.2 Å². The number of hydrogen-bond donors (Lipinski definition) is 4. The molecule has 1 aliphatic rings. The molecule has 3 rings (SSSR count). The summed E-state index contributed by atoms with van der Waals surface area (Å²) in [5.74, 6) is -1.30. The molecule has 1 fully saturated rings. The zero-order valence-electron chi connectivity index (χ0n) is 10.9. The molecule has 2 aromatic heterocycles. The molecule has 1 aliphatic heterocycles. The fraction of sp³-hybridized carbons (Fsp3) is 0.455. The summed E-state index contributed by atoms with van der Waals surface area (Å²) in [6, 6.07) is 0. The van der Waals surface area contributed by atoms with Crippen molar-refractivity contribution in [2.45, 2.75) is 24.5 Å². The van der Waals surface area contributed by atoms with Gasteiger partial charge in [-0.1, -0.05) is 0 Å². The molecular formula is C11H11FN4O6. The molecule has 4 N–H and O–H groups in total. The highest BCUT2D eigenvalue weighted by molar-refractivity contribution is 5.67. The molecule has 0 aromatic carbocycles. The van der Waals surface area contributed by atoms with Crippen molar-refractivity contribution >= 4 is 11.2 Å². The molecule has 4 atom stereocenters. The van der Waals surface area contributed by atoms with Crippen LogP contribution in [0.1, 0.15) is 6.23 Å². The molecule has 118 valence electrons. The van der Waals surface area contributed by atoms with Gasteiger partial charge in [0.2, 0.25) is 0 Å². The SMILES string of the molecule is O=c1[nH]c2nc(=O)n([C@@H]3O[C@H](CO)C(O)C3O)cc2nc1F. The van der Waals surface area contributed by atoms with Gasteiger partial charge in [0.25, 0.3) is 5.95 Å². The van der Waals surface area contributed by atoms with Crippen molar-refractivity contribution in [1.29, 1.82) is 0 Å². The Kier molecular flexibility index (Phi) is 3.48. The lowest BCUT2D eigenvalue weighted by Gasteiger charge is -2.17. The van der Waals surface area contributed by atoms with Gasteiger partial charge < -0.3 is 25.0 Å². The van der Waals surface area contributed by atoms with Crippen molar-refractivity contribution in [3.05, 3.63) is 33.0 Å². The third-order valence-corrected chi connectivity index (χ3v) is 3.36. The molecular weight excluding hydrogens is 303 g/mol. The molecule has 2 aromatic rings. The van der Waals surface area contributed by atoms with Crippen LogP contribution in [0.25, 0.3) is 11.2 Å². The van der Waals surface area contributed by atoms with E-state index in [1.165, 1.54) is 0 Å². The maximum Gasteiger partial charge on any atom is 0.351 e. The maximum absolute atomic E-state index is 13.2. The molecule has 0 radical (unpaired) electrons. The largest absolute Gasteiger partial charge is 0.394 e. The number of nitrogens with one attached hydrogen (secondary N) is 1. The number of rotatable bonds is 2. The molecule has 22 heavy (non-hydrogen) atoms. The third-order valence-electron chi connectivity index (χ3n) is 3.36. The van der Waals surface area contributed by atoms with Crippen molar-refractivity contribution in [3.8, 4) is 0 Å². The number of aromatic nitrogens is 4. The second kappa shape index (κ2) is 5.21. The van der Waals surface area contributed by atoms with Crippen molar-refractivity contribution < 1.29 is 24.4 Å². The minimum Gasteiger partial charge on any atom is -0.394 e. The first kappa shape index (κ1) is 14.7. The number of ether oxygens (including phenoxy) is 1. The summed E-state index contributed by atoms with van der Waals surface area (Å²) >= 11 is 0. The Morgan fingerprint density at radius 2 is 2.05 bits per heavy atom. The lowest BCUT2D eigenvalue weighted by Crippen LogP contribution is -2.36. The molecule has 0 amide bonds. The number of H-pyrrole nitrogens is 1. The van der Waals surface area contributed by atoms with Gasteiger partial charge in [-0.3, -0.25) is 9.36 Å². The topological polar surface area (TPSA) is 151 Å².